The smallest absolute Gasteiger partial charge is 0.0719 e. The molecular weight excluding hydrogens is 615 g/mol. The van der Waals surface area contributed by atoms with Gasteiger partial charge in [0.2, 0.25) is 0 Å². The Bertz CT molecular complexity index is 2560. The van der Waals surface area contributed by atoms with E-state index in [1.807, 2.05) is 0 Å². The quantitative estimate of drug-likeness (QED) is 0.183. The Morgan fingerprint density at radius 3 is 1.59 bits per heavy atom. The number of hydrogen-bond donors (Lipinski definition) is 0. The molecule has 2 aliphatic rings. The first-order chi connectivity index (χ1) is 25.1. The monoisotopic (exact) mass is 651 g/mol. The van der Waals surface area contributed by atoms with Gasteiger partial charge in [0.15, 0.2) is 0 Å². The van der Waals surface area contributed by atoms with E-state index in [9.17, 15) is 0 Å². The third-order valence-corrected chi connectivity index (χ3v) is 11.5. The van der Waals surface area contributed by atoms with Gasteiger partial charge in [0.05, 0.1) is 5.41 Å². The molecule has 10 rings (SSSR count). The third kappa shape index (κ3) is 4.22. The van der Waals surface area contributed by atoms with Crippen molar-refractivity contribution in [3.05, 3.63) is 221 Å². The van der Waals surface area contributed by atoms with Crippen molar-refractivity contribution in [1.82, 2.24) is 0 Å². The third-order valence-electron chi connectivity index (χ3n) is 11.5. The molecule has 0 atom stereocenters. The van der Waals surface area contributed by atoms with Crippen molar-refractivity contribution in [1.29, 1.82) is 0 Å². The number of nitrogens with zero attached hydrogens (tertiary/aromatic N) is 1. The van der Waals surface area contributed by atoms with Crippen LogP contribution in [0.2, 0.25) is 0 Å². The van der Waals surface area contributed by atoms with Gasteiger partial charge in [-0.1, -0.05) is 166 Å². The number of benzene rings is 8. The highest BCUT2D eigenvalue weighted by Gasteiger charge is 2.53. The van der Waals surface area contributed by atoms with Crippen LogP contribution in [0.1, 0.15) is 47.2 Å². The normalized spacial score (nSPS) is 14.4. The molecule has 0 N–H and O–H groups in total. The summed E-state index contributed by atoms with van der Waals surface area (Å²) < 4.78 is 0. The number of fused-ring (bicyclic) bond motifs is 10. The first kappa shape index (κ1) is 29.7. The summed E-state index contributed by atoms with van der Waals surface area (Å²) in [6, 6.07) is 69.6. The maximum absolute atomic E-state index is 2.47. The lowest BCUT2D eigenvalue weighted by molar-refractivity contribution is 0.563. The molecular formula is C50H37N. The highest BCUT2D eigenvalue weighted by Crippen LogP contribution is 2.62. The summed E-state index contributed by atoms with van der Waals surface area (Å²) in [6.07, 6.45) is 0. The van der Waals surface area contributed by atoms with Crippen LogP contribution in [0.3, 0.4) is 0 Å². The van der Waals surface area contributed by atoms with Gasteiger partial charge in [-0.15, -0.1) is 0 Å². The van der Waals surface area contributed by atoms with E-state index in [0.29, 0.717) is 0 Å². The van der Waals surface area contributed by atoms with Crippen LogP contribution in [0.25, 0.3) is 33.0 Å². The molecule has 0 fully saturated rings. The van der Waals surface area contributed by atoms with Gasteiger partial charge in [-0.2, -0.15) is 0 Å². The van der Waals surface area contributed by atoms with Crippen LogP contribution < -0.4 is 4.90 Å². The van der Waals surface area contributed by atoms with Crippen molar-refractivity contribution in [2.24, 2.45) is 0 Å². The molecule has 1 nitrogen and oxygen atoms in total. The molecule has 0 aromatic heterocycles. The van der Waals surface area contributed by atoms with E-state index < -0.39 is 5.41 Å². The molecule has 0 bridgehead atoms. The van der Waals surface area contributed by atoms with E-state index in [2.05, 4.69) is 207 Å². The fraction of sp³-hybridized carbons (Fsp3) is 0.0800. The van der Waals surface area contributed by atoms with Crippen molar-refractivity contribution >= 4 is 27.8 Å². The van der Waals surface area contributed by atoms with Crippen LogP contribution in [0, 0.1) is 0 Å². The minimum Gasteiger partial charge on any atom is -0.310 e. The molecule has 2 aliphatic carbocycles. The van der Waals surface area contributed by atoms with Gasteiger partial charge < -0.3 is 4.90 Å². The van der Waals surface area contributed by atoms with Crippen LogP contribution in [0.5, 0.6) is 0 Å². The van der Waals surface area contributed by atoms with Crippen molar-refractivity contribution in [2.75, 3.05) is 4.90 Å². The predicted molar refractivity (Wildman–Crippen MR) is 213 cm³/mol. The Kier molecular flexibility index (Phi) is 6.51. The van der Waals surface area contributed by atoms with Crippen molar-refractivity contribution in [2.45, 2.75) is 24.7 Å². The van der Waals surface area contributed by atoms with Gasteiger partial charge in [0.25, 0.3) is 0 Å². The minimum atomic E-state index is -0.398. The fourth-order valence-corrected chi connectivity index (χ4v) is 9.27. The Balaban J connectivity index is 1.19. The SMILES string of the molecule is CC1(C)c2ccccc2C2(c3ccccc3-c3ccccc32)c2ccc(N(c3ccccc3)c3ccc(-c4cccc5ccccc45)cc3)cc21. The topological polar surface area (TPSA) is 3.24 Å². The van der Waals surface area contributed by atoms with E-state index in [1.165, 1.54) is 66.4 Å². The van der Waals surface area contributed by atoms with Gasteiger partial charge >= 0.3 is 0 Å². The molecule has 1 heteroatoms. The summed E-state index contributed by atoms with van der Waals surface area (Å²) in [5.74, 6) is 0. The second kappa shape index (κ2) is 11.2. The first-order valence-electron chi connectivity index (χ1n) is 17.9. The largest absolute Gasteiger partial charge is 0.310 e. The summed E-state index contributed by atoms with van der Waals surface area (Å²) in [7, 11) is 0. The lowest BCUT2D eigenvalue weighted by Gasteiger charge is -2.47. The Hall–Kier alpha value is -6.18. The average Bonchev–Trinajstić information content (AvgIpc) is 3.49. The van der Waals surface area contributed by atoms with Crippen LogP contribution in [0.15, 0.2) is 188 Å². The molecule has 0 heterocycles. The van der Waals surface area contributed by atoms with Crippen LogP contribution in [-0.2, 0) is 10.8 Å². The maximum atomic E-state index is 2.47. The molecule has 51 heavy (non-hydrogen) atoms. The molecule has 8 aromatic carbocycles. The second-order valence-corrected chi connectivity index (χ2v) is 14.5. The van der Waals surface area contributed by atoms with Crippen LogP contribution >= 0.6 is 0 Å². The number of rotatable bonds is 4. The van der Waals surface area contributed by atoms with Gasteiger partial charge in [-0.3, -0.25) is 0 Å². The zero-order valence-corrected chi connectivity index (χ0v) is 28.8. The highest BCUT2D eigenvalue weighted by molar-refractivity contribution is 5.97. The van der Waals surface area contributed by atoms with Gasteiger partial charge in [-0.05, 0) is 103 Å². The van der Waals surface area contributed by atoms with Gasteiger partial charge in [0.1, 0.15) is 0 Å². The summed E-state index contributed by atoms with van der Waals surface area (Å²) in [4.78, 5) is 2.41. The van der Waals surface area contributed by atoms with E-state index in [0.717, 1.165) is 17.1 Å². The molecule has 0 amide bonds. The first-order valence-corrected chi connectivity index (χ1v) is 17.9. The van der Waals surface area contributed by atoms with E-state index in [1.54, 1.807) is 0 Å². The summed E-state index contributed by atoms with van der Waals surface area (Å²) >= 11 is 0. The number of anilines is 3. The summed E-state index contributed by atoms with van der Waals surface area (Å²) in [5, 5.41) is 2.53. The van der Waals surface area contributed by atoms with E-state index in [-0.39, 0.29) is 5.41 Å². The zero-order chi connectivity index (χ0) is 34.2. The minimum absolute atomic E-state index is 0.222. The Labute approximate surface area is 300 Å². The van der Waals surface area contributed by atoms with Crippen molar-refractivity contribution in [3.8, 4) is 22.3 Å². The van der Waals surface area contributed by atoms with E-state index >= 15 is 0 Å². The molecule has 0 unspecified atom stereocenters. The maximum Gasteiger partial charge on any atom is 0.0719 e. The second-order valence-electron chi connectivity index (χ2n) is 14.5. The molecule has 242 valence electrons. The van der Waals surface area contributed by atoms with Gasteiger partial charge in [0, 0.05) is 22.5 Å². The molecule has 8 aromatic rings. The lowest BCUT2D eigenvalue weighted by atomic mass is 9.55. The molecule has 0 radical (unpaired) electrons. The molecule has 0 aliphatic heterocycles. The van der Waals surface area contributed by atoms with Crippen LogP contribution in [-0.4, -0.2) is 0 Å². The Morgan fingerprint density at radius 2 is 0.863 bits per heavy atom. The summed E-state index contributed by atoms with van der Waals surface area (Å²) in [5.41, 5.74) is 16.2. The Morgan fingerprint density at radius 1 is 0.353 bits per heavy atom. The van der Waals surface area contributed by atoms with Crippen molar-refractivity contribution in [3.63, 3.8) is 0 Å². The highest BCUT2D eigenvalue weighted by atomic mass is 15.1. The van der Waals surface area contributed by atoms with Crippen molar-refractivity contribution < 1.29 is 0 Å². The van der Waals surface area contributed by atoms with Crippen LogP contribution in [0.4, 0.5) is 17.1 Å². The standard InChI is InChI=1S/C50H37N/c1-49(2)45-25-12-13-26-46(45)50(43-23-10-8-20-41(43)42-21-9-11-24-44(42)50)47-32-31-38(33-48(47)49)51(36-17-4-3-5-18-36)37-29-27-35(28-30-37)40-22-14-16-34-15-6-7-19-39(34)40/h3-33H,1-2H3. The van der Waals surface area contributed by atoms with E-state index in [4.69, 9.17) is 0 Å². The number of para-hydroxylation sites is 1. The molecule has 1 spiro atoms. The predicted octanol–water partition coefficient (Wildman–Crippen LogP) is 13.0. The fourth-order valence-electron chi connectivity index (χ4n) is 9.27. The van der Waals surface area contributed by atoms with Gasteiger partial charge in [-0.25, -0.2) is 0 Å². The average molecular weight is 652 g/mol. The zero-order valence-electron chi connectivity index (χ0n) is 28.8. The molecule has 0 saturated carbocycles. The lowest BCUT2D eigenvalue weighted by Crippen LogP contribution is -2.40. The summed E-state index contributed by atoms with van der Waals surface area (Å²) in [6.45, 7) is 4.81. The molecule has 0 saturated heterocycles. The number of hydrogen-bond acceptors (Lipinski definition) is 1.